The summed E-state index contributed by atoms with van der Waals surface area (Å²) in [6.45, 7) is 12.8. The van der Waals surface area contributed by atoms with Crippen molar-refractivity contribution in [1.29, 1.82) is 0 Å². The molecule has 0 saturated carbocycles. The zero-order valence-corrected chi connectivity index (χ0v) is 8.61. The fourth-order valence-corrected chi connectivity index (χ4v) is 1.22. The molecule has 1 rings (SSSR count). The van der Waals surface area contributed by atoms with Crippen LogP contribution in [0.4, 0.5) is 0 Å². The van der Waals surface area contributed by atoms with Gasteiger partial charge in [-0.25, -0.2) is 0 Å². The van der Waals surface area contributed by atoms with Crippen molar-refractivity contribution in [3.63, 3.8) is 0 Å². The Morgan fingerprint density at radius 2 is 1.73 bits per heavy atom. The molecular weight excluding hydrogens is 136 g/mol. The van der Waals surface area contributed by atoms with Gasteiger partial charge in [0.25, 0.3) is 0 Å². The summed E-state index contributed by atoms with van der Waals surface area (Å²) in [6.07, 6.45) is 1.25. The van der Waals surface area contributed by atoms with Crippen molar-refractivity contribution in [1.82, 2.24) is 0 Å². The van der Waals surface area contributed by atoms with Gasteiger partial charge in [0.05, 0.1) is 0 Å². The summed E-state index contributed by atoms with van der Waals surface area (Å²) in [5, 5.41) is 0. The van der Waals surface area contributed by atoms with Crippen LogP contribution in [0.25, 0.3) is 0 Å². The first-order valence-corrected chi connectivity index (χ1v) is 4.68. The topological polar surface area (TPSA) is 9.23 Å². The maximum atomic E-state index is 5.28. The summed E-state index contributed by atoms with van der Waals surface area (Å²) in [5.74, 6) is 0.789. The van der Waals surface area contributed by atoms with Crippen molar-refractivity contribution in [2.24, 2.45) is 11.3 Å². The first-order valence-electron chi connectivity index (χ1n) is 4.68. The minimum atomic E-state index is 0.455. The fourth-order valence-electron chi connectivity index (χ4n) is 1.22. The van der Waals surface area contributed by atoms with E-state index in [1.807, 2.05) is 13.8 Å². The molecule has 0 bridgehead atoms. The average molecular weight is 158 g/mol. The highest BCUT2D eigenvalue weighted by atomic mass is 16.5. The Kier molecular flexibility index (Phi) is 4.74. The van der Waals surface area contributed by atoms with Crippen molar-refractivity contribution in [3.05, 3.63) is 0 Å². The van der Waals surface area contributed by atoms with Gasteiger partial charge in [0.15, 0.2) is 0 Å². The molecule has 1 aliphatic heterocycles. The Morgan fingerprint density at radius 3 is 1.91 bits per heavy atom. The van der Waals surface area contributed by atoms with Crippen LogP contribution >= 0.6 is 0 Å². The molecule has 1 atom stereocenters. The summed E-state index contributed by atoms with van der Waals surface area (Å²) in [5.41, 5.74) is 0.455. The fraction of sp³-hybridized carbons (Fsp3) is 1.00. The Balaban J connectivity index is 0.000000461. The Bertz CT molecular complexity index is 85.5. The van der Waals surface area contributed by atoms with Crippen molar-refractivity contribution in [2.75, 3.05) is 13.2 Å². The molecule has 0 radical (unpaired) electrons. The van der Waals surface area contributed by atoms with Crippen molar-refractivity contribution >= 4 is 0 Å². The zero-order valence-electron chi connectivity index (χ0n) is 8.61. The molecule has 0 aromatic rings. The molecule has 1 nitrogen and oxygen atoms in total. The molecule has 0 aliphatic carbocycles. The second kappa shape index (κ2) is 4.76. The first kappa shape index (κ1) is 11.0. The van der Waals surface area contributed by atoms with Crippen LogP contribution < -0.4 is 0 Å². The number of ether oxygens (including phenoxy) is 1. The summed E-state index contributed by atoms with van der Waals surface area (Å²) in [4.78, 5) is 0. The first-order chi connectivity index (χ1) is 5.11. The minimum Gasteiger partial charge on any atom is -0.381 e. The van der Waals surface area contributed by atoms with E-state index in [9.17, 15) is 0 Å². The summed E-state index contributed by atoms with van der Waals surface area (Å²) >= 11 is 0. The van der Waals surface area contributed by atoms with E-state index in [-0.39, 0.29) is 0 Å². The van der Waals surface area contributed by atoms with Gasteiger partial charge < -0.3 is 4.74 Å². The molecule has 11 heavy (non-hydrogen) atoms. The SMILES string of the molecule is CC.CC(C)(C)C1CCOC1. The molecule has 1 unspecified atom stereocenters. The largest absolute Gasteiger partial charge is 0.381 e. The van der Waals surface area contributed by atoms with Crippen LogP contribution in [0.1, 0.15) is 41.0 Å². The van der Waals surface area contributed by atoms with Crippen molar-refractivity contribution in [2.45, 2.75) is 41.0 Å². The van der Waals surface area contributed by atoms with Gasteiger partial charge in [-0.15, -0.1) is 0 Å². The second-order valence-corrected chi connectivity index (χ2v) is 3.93. The van der Waals surface area contributed by atoms with E-state index in [1.54, 1.807) is 0 Å². The molecule has 68 valence electrons. The third-order valence-electron chi connectivity index (χ3n) is 2.15. The molecular formula is C10H22O. The van der Waals surface area contributed by atoms with Gasteiger partial charge in [-0.05, 0) is 17.8 Å². The van der Waals surface area contributed by atoms with E-state index in [1.165, 1.54) is 6.42 Å². The van der Waals surface area contributed by atoms with Crippen LogP contribution in [0.3, 0.4) is 0 Å². The Hall–Kier alpha value is -0.0400. The minimum absolute atomic E-state index is 0.455. The molecule has 0 aromatic heterocycles. The van der Waals surface area contributed by atoms with Crippen LogP contribution in [0.2, 0.25) is 0 Å². The van der Waals surface area contributed by atoms with Crippen molar-refractivity contribution < 1.29 is 4.74 Å². The maximum absolute atomic E-state index is 5.28. The second-order valence-electron chi connectivity index (χ2n) is 3.93. The van der Waals surface area contributed by atoms with E-state index >= 15 is 0 Å². The van der Waals surface area contributed by atoms with Gasteiger partial charge in [-0.1, -0.05) is 34.6 Å². The van der Waals surface area contributed by atoms with E-state index in [0.29, 0.717) is 5.41 Å². The number of hydrogen-bond acceptors (Lipinski definition) is 1. The third-order valence-corrected chi connectivity index (χ3v) is 2.15. The van der Waals surface area contributed by atoms with Gasteiger partial charge in [-0.3, -0.25) is 0 Å². The van der Waals surface area contributed by atoms with Crippen LogP contribution in [-0.4, -0.2) is 13.2 Å². The van der Waals surface area contributed by atoms with Crippen LogP contribution in [0, 0.1) is 11.3 Å². The van der Waals surface area contributed by atoms with Gasteiger partial charge in [0.1, 0.15) is 0 Å². The molecule has 1 saturated heterocycles. The summed E-state index contributed by atoms with van der Waals surface area (Å²) in [7, 11) is 0. The van der Waals surface area contributed by atoms with Gasteiger partial charge in [0.2, 0.25) is 0 Å². The molecule has 1 aliphatic rings. The summed E-state index contributed by atoms with van der Waals surface area (Å²) < 4.78 is 5.28. The Labute approximate surface area is 71.1 Å². The number of rotatable bonds is 0. The molecule has 0 N–H and O–H groups in total. The lowest BCUT2D eigenvalue weighted by molar-refractivity contribution is 0.152. The highest BCUT2D eigenvalue weighted by Crippen LogP contribution is 2.31. The molecule has 0 spiro atoms. The predicted molar refractivity (Wildman–Crippen MR) is 49.7 cm³/mol. The standard InChI is InChI=1S/C8H16O.C2H6/c1-8(2,3)7-4-5-9-6-7;1-2/h7H,4-6H2,1-3H3;1-2H3. The average Bonchev–Trinajstić information content (AvgIpc) is 2.40. The Morgan fingerprint density at radius 1 is 1.18 bits per heavy atom. The van der Waals surface area contributed by atoms with Crippen LogP contribution in [0.15, 0.2) is 0 Å². The highest BCUT2D eigenvalue weighted by Gasteiger charge is 2.27. The lowest BCUT2D eigenvalue weighted by atomic mass is 9.80. The smallest absolute Gasteiger partial charge is 0.0500 e. The van der Waals surface area contributed by atoms with Gasteiger partial charge in [0, 0.05) is 13.2 Å². The van der Waals surface area contributed by atoms with Gasteiger partial charge >= 0.3 is 0 Å². The van der Waals surface area contributed by atoms with E-state index in [0.717, 1.165) is 19.1 Å². The molecule has 1 heterocycles. The molecule has 1 heteroatoms. The van der Waals surface area contributed by atoms with Crippen LogP contribution in [-0.2, 0) is 4.74 Å². The molecule has 0 amide bonds. The quantitative estimate of drug-likeness (QED) is 0.526. The lowest BCUT2D eigenvalue weighted by Crippen LogP contribution is -2.19. The monoisotopic (exact) mass is 158 g/mol. The predicted octanol–water partition coefficient (Wildman–Crippen LogP) is 3.10. The number of hydrogen-bond donors (Lipinski definition) is 0. The van der Waals surface area contributed by atoms with E-state index in [4.69, 9.17) is 4.74 Å². The summed E-state index contributed by atoms with van der Waals surface area (Å²) in [6, 6.07) is 0. The zero-order chi connectivity index (χ0) is 8.91. The molecule has 0 aromatic carbocycles. The van der Waals surface area contributed by atoms with Crippen LogP contribution in [0.5, 0.6) is 0 Å². The molecule has 1 fully saturated rings. The van der Waals surface area contributed by atoms with Gasteiger partial charge in [-0.2, -0.15) is 0 Å². The third kappa shape index (κ3) is 3.76. The normalized spacial score (nSPS) is 24.3. The van der Waals surface area contributed by atoms with E-state index < -0.39 is 0 Å². The maximum Gasteiger partial charge on any atom is 0.0500 e. The van der Waals surface area contributed by atoms with E-state index in [2.05, 4.69) is 20.8 Å². The highest BCUT2D eigenvalue weighted by molar-refractivity contribution is 4.76. The lowest BCUT2D eigenvalue weighted by Gasteiger charge is -2.24. The van der Waals surface area contributed by atoms with Crippen molar-refractivity contribution in [3.8, 4) is 0 Å².